The second-order valence-electron chi connectivity index (χ2n) is 7.46. The van der Waals surface area contributed by atoms with Crippen LogP contribution in [0.5, 0.6) is 0 Å². The topological polar surface area (TPSA) is 107 Å². The average Bonchev–Trinajstić information content (AvgIpc) is 3.07. The zero-order valence-corrected chi connectivity index (χ0v) is 16.2. The van der Waals surface area contributed by atoms with Gasteiger partial charge in [0.25, 0.3) is 0 Å². The van der Waals surface area contributed by atoms with Crippen LogP contribution in [0.3, 0.4) is 0 Å². The highest BCUT2D eigenvalue weighted by Crippen LogP contribution is 2.30. The van der Waals surface area contributed by atoms with Crippen molar-refractivity contribution in [3.05, 3.63) is 24.3 Å². The van der Waals surface area contributed by atoms with Gasteiger partial charge in [-0.05, 0) is 44.4 Å². The molecule has 8 nitrogen and oxygen atoms in total. The number of nitrogens with zero attached hydrogens (tertiary/aromatic N) is 2. The van der Waals surface area contributed by atoms with E-state index in [1.54, 1.807) is 19.1 Å². The summed E-state index contributed by atoms with van der Waals surface area (Å²) in [5.41, 5.74) is -0.571. The zero-order valence-electron chi connectivity index (χ0n) is 15.3. The van der Waals surface area contributed by atoms with Crippen molar-refractivity contribution in [2.75, 3.05) is 31.5 Å². The molecule has 1 aromatic rings. The Kier molecular flexibility index (Phi) is 5.43. The van der Waals surface area contributed by atoms with Gasteiger partial charge in [-0.1, -0.05) is 12.5 Å². The number of carboxylic acids is 1. The van der Waals surface area contributed by atoms with E-state index in [9.17, 15) is 23.1 Å². The zero-order chi connectivity index (χ0) is 19.7. The molecule has 2 heterocycles. The Morgan fingerprint density at radius 3 is 2.48 bits per heavy atom. The molecule has 1 atom stereocenters. The molecule has 2 saturated heterocycles. The summed E-state index contributed by atoms with van der Waals surface area (Å²) in [6.45, 7) is 3.12. The SMILES string of the molecule is CC1(C(=O)O)CCN(C(=O)Nc2cccc(S(=O)(=O)N3CCCCC3)c2)C1. The number of benzene rings is 1. The smallest absolute Gasteiger partial charge is 0.321 e. The van der Waals surface area contributed by atoms with Crippen LogP contribution in [-0.2, 0) is 14.8 Å². The van der Waals surface area contributed by atoms with E-state index in [-0.39, 0.29) is 11.4 Å². The maximum atomic E-state index is 12.8. The fraction of sp³-hybridized carbons (Fsp3) is 0.556. The lowest BCUT2D eigenvalue weighted by Gasteiger charge is -2.26. The summed E-state index contributed by atoms with van der Waals surface area (Å²) in [5.74, 6) is -0.924. The van der Waals surface area contributed by atoms with E-state index in [4.69, 9.17) is 0 Å². The number of likely N-dealkylation sites (tertiary alicyclic amines) is 1. The predicted molar refractivity (Wildman–Crippen MR) is 100 cm³/mol. The highest BCUT2D eigenvalue weighted by Gasteiger charge is 2.42. The molecule has 3 rings (SSSR count). The number of piperidine rings is 1. The number of carboxylic acid groups (broad SMARTS) is 1. The van der Waals surface area contributed by atoms with Crippen molar-refractivity contribution in [1.29, 1.82) is 0 Å². The van der Waals surface area contributed by atoms with E-state index in [0.29, 0.717) is 31.7 Å². The van der Waals surface area contributed by atoms with Gasteiger partial charge in [-0.2, -0.15) is 4.31 Å². The molecule has 0 aromatic heterocycles. The molecular weight excluding hydrogens is 370 g/mol. The number of hydrogen-bond donors (Lipinski definition) is 2. The molecule has 0 aliphatic carbocycles. The minimum Gasteiger partial charge on any atom is -0.481 e. The summed E-state index contributed by atoms with van der Waals surface area (Å²) in [4.78, 5) is 25.4. The number of urea groups is 1. The van der Waals surface area contributed by atoms with Crippen LogP contribution in [0, 0.1) is 5.41 Å². The van der Waals surface area contributed by atoms with E-state index in [0.717, 1.165) is 19.3 Å². The summed E-state index contributed by atoms with van der Waals surface area (Å²) in [6.07, 6.45) is 3.13. The molecule has 1 unspecified atom stereocenters. The van der Waals surface area contributed by atoms with Crippen LogP contribution in [0.2, 0.25) is 0 Å². The molecule has 0 spiro atoms. The lowest BCUT2D eigenvalue weighted by atomic mass is 9.90. The second kappa shape index (κ2) is 7.47. The van der Waals surface area contributed by atoms with Gasteiger partial charge >= 0.3 is 12.0 Å². The van der Waals surface area contributed by atoms with E-state index in [1.165, 1.54) is 21.3 Å². The summed E-state index contributed by atoms with van der Waals surface area (Å²) >= 11 is 0. The molecule has 9 heteroatoms. The second-order valence-corrected chi connectivity index (χ2v) is 9.40. The van der Waals surface area contributed by atoms with Gasteiger partial charge in [0.1, 0.15) is 0 Å². The van der Waals surface area contributed by atoms with Gasteiger partial charge in [0, 0.05) is 31.9 Å². The minimum absolute atomic E-state index is 0.125. The monoisotopic (exact) mass is 395 g/mol. The molecule has 1 aromatic carbocycles. The molecule has 2 aliphatic rings. The van der Waals surface area contributed by atoms with Crippen LogP contribution >= 0.6 is 0 Å². The minimum atomic E-state index is -3.58. The molecule has 2 N–H and O–H groups in total. The Morgan fingerprint density at radius 1 is 1.15 bits per heavy atom. The van der Waals surface area contributed by atoms with Crippen molar-refractivity contribution < 1.29 is 23.1 Å². The molecule has 148 valence electrons. The quantitative estimate of drug-likeness (QED) is 0.813. The van der Waals surface area contributed by atoms with E-state index in [1.807, 2.05) is 0 Å². The largest absolute Gasteiger partial charge is 0.481 e. The van der Waals surface area contributed by atoms with Crippen LogP contribution in [0.4, 0.5) is 10.5 Å². The lowest BCUT2D eigenvalue weighted by molar-refractivity contribution is -0.146. The van der Waals surface area contributed by atoms with Crippen molar-refractivity contribution in [1.82, 2.24) is 9.21 Å². The first kappa shape index (κ1) is 19.6. The number of carbonyl (C=O) groups is 2. The molecule has 2 amide bonds. The van der Waals surface area contributed by atoms with Gasteiger partial charge in [0.05, 0.1) is 10.3 Å². The number of amides is 2. The number of nitrogens with one attached hydrogen (secondary N) is 1. The molecule has 2 aliphatic heterocycles. The average molecular weight is 395 g/mol. The van der Waals surface area contributed by atoms with Gasteiger partial charge < -0.3 is 15.3 Å². The Morgan fingerprint density at radius 2 is 1.85 bits per heavy atom. The van der Waals surface area contributed by atoms with Gasteiger partial charge in [-0.15, -0.1) is 0 Å². The molecule has 2 fully saturated rings. The molecule has 0 bridgehead atoms. The number of rotatable bonds is 4. The molecule has 0 saturated carbocycles. The molecule has 0 radical (unpaired) electrons. The van der Waals surface area contributed by atoms with Crippen molar-refractivity contribution in [3.63, 3.8) is 0 Å². The van der Waals surface area contributed by atoms with E-state index >= 15 is 0 Å². The lowest BCUT2D eigenvalue weighted by Crippen LogP contribution is -2.37. The van der Waals surface area contributed by atoms with Crippen LogP contribution in [0.25, 0.3) is 0 Å². The summed E-state index contributed by atoms with van der Waals surface area (Å²) in [6, 6.07) is 5.77. The fourth-order valence-electron chi connectivity index (χ4n) is 3.50. The van der Waals surface area contributed by atoms with Gasteiger partial charge in [-0.25, -0.2) is 13.2 Å². The van der Waals surface area contributed by atoms with Crippen LogP contribution < -0.4 is 5.32 Å². The third-order valence-electron chi connectivity index (χ3n) is 5.31. The van der Waals surface area contributed by atoms with Crippen LogP contribution in [0.15, 0.2) is 29.2 Å². The number of anilines is 1. The first-order valence-corrected chi connectivity index (χ1v) is 10.6. The van der Waals surface area contributed by atoms with Crippen molar-refractivity contribution in [2.24, 2.45) is 5.41 Å². The standard InChI is InChI=1S/C18H25N3O5S/c1-18(16(22)23)8-11-20(13-18)17(24)19-14-6-5-7-15(12-14)27(25,26)21-9-3-2-4-10-21/h5-7,12H,2-4,8-11,13H2,1H3,(H,19,24)(H,22,23). The van der Waals surface area contributed by atoms with Gasteiger partial charge in [-0.3, -0.25) is 4.79 Å². The summed E-state index contributed by atoms with van der Waals surface area (Å²) < 4.78 is 27.0. The first-order chi connectivity index (χ1) is 12.7. The maximum Gasteiger partial charge on any atom is 0.321 e. The number of carbonyl (C=O) groups excluding carboxylic acids is 1. The van der Waals surface area contributed by atoms with E-state index < -0.39 is 27.4 Å². The highest BCUT2D eigenvalue weighted by molar-refractivity contribution is 7.89. The Bertz CT molecular complexity index is 835. The number of sulfonamides is 1. The predicted octanol–water partition coefficient (Wildman–Crippen LogP) is 2.19. The maximum absolute atomic E-state index is 12.8. The third-order valence-corrected chi connectivity index (χ3v) is 7.21. The van der Waals surface area contributed by atoms with Crippen molar-refractivity contribution >= 4 is 27.7 Å². The normalized spacial score (nSPS) is 24.0. The Labute approximate surface area is 159 Å². The van der Waals surface area contributed by atoms with Gasteiger partial charge in [0.2, 0.25) is 10.0 Å². The van der Waals surface area contributed by atoms with E-state index in [2.05, 4.69) is 5.32 Å². The Hall–Kier alpha value is -2.13. The first-order valence-electron chi connectivity index (χ1n) is 9.12. The van der Waals surface area contributed by atoms with Crippen molar-refractivity contribution in [3.8, 4) is 0 Å². The van der Waals surface area contributed by atoms with Crippen LogP contribution in [0.1, 0.15) is 32.6 Å². The number of hydrogen-bond acceptors (Lipinski definition) is 4. The van der Waals surface area contributed by atoms with Gasteiger partial charge in [0.15, 0.2) is 0 Å². The Balaban J connectivity index is 1.71. The molecule has 27 heavy (non-hydrogen) atoms. The van der Waals surface area contributed by atoms with Crippen LogP contribution in [-0.4, -0.2) is 60.9 Å². The summed E-state index contributed by atoms with van der Waals surface area (Å²) in [5, 5.41) is 12.0. The number of aliphatic carboxylic acids is 1. The fourth-order valence-corrected chi connectivity index (χ4v) is 5.06. The van der Waals surface area contributed by atoms with Crippen molar-refractivity contribution in [2.45, 2.75) is 37.5 Å². The summed E-state index contributed by atoms with van der Waals surface area (Å²) in [7, 11) is -3.58. The third kappa shape index (κ3) is 4.08. The molecular formula is C18H25N3O5S. The highest BCUT2D eigenvalue weighted by atomic mass is 32.2.